The van der Waals surface area contributed by atoms with Gasteiger partial charge in [0.1, 0.15) is 34.7 Å². The van der Waals surface area contributed by atoms with Gasteiger partial charge in [-0.05, 0) is 78.5 Å². The lowest BCUT2D eigenvalue weighted by molar-refractivity contribution is -0.139. The number of ketones is 1. The number of carbonyl (C=O) groups is 4. The van der Waals surface area contributed by atoms with Crippen LogP contribution in [0.3, 0.4) is 0 Å². The molecule has 2 heterocycles. The molecule has 1 aliphatic heterocycles. The number of benzene rings is 1. The van der Waals surface area contributed by atoms with Gasteiger partial charge >= 0.3 is 6.09 Å². The van der Waals surface area contributed by atoms with Crippen molar-refractivity contribution in [2.45, 2.75) is 96.4 Å². The Morgan fingerprint density at radius 1 is 0.833 bits per heavy atom. The lowest BCUT2D eigenvalue weighted by atomic mass is 9.83. The van der Waals surface area contributed by atoms with Crippen molar-refractivity contribution in [1.82, 2.24) is 25.8 Å². The van der Waals surface area contributed by atoms with Crippen LogP contribution in [0.4, 0.5) is 4.79 Å². The highest BCUT2D eigenvalue weighted by molar-refractivity contribution is 7.10. The number of rotatable bonds is 27. The van der Waals surface area contributed by atoms with Gasteiger partial charge < -0.3 is 54.0 Å². The molecule has 1 aliphatic carbocycles. The fourth-order valence-electron chi connectivity index (χ4n) is 6.88. The highest BCUT2D eigenvalue weighted by Gasteiger charge is 2.40. The molecule has 16 nitrogen and oxygen atoms in total. The van der Waals surface area contributed by atoms with E-state index in [1.165, 1.54) is 11.3 Å². The highest BCUT2D eigenvalue weighted by Crippen LogP contribution is 2.36. The summed E-state index contributed by atoms with van der Waals surface area (Å²) in [5.41, 5.74) is 0.262. The number of amides is 3. The van der Waals surface area contributed by atoms with Crippen LogP contribution in [0.1, 0.15) is 99.7 Å². The van der Waals surface area contributed by atoms with Crippen molar-refractivity contribution in [3.8, 4) is 5.75 Å². The van der Waals surface area contributed by atoms with E-state index in [9.17, 15) is 19.2 Å². The zero-order valence-electron chi connectivity index (χ0n) is 36.1. The largest absolute Gasteiger partial charge is 0.491 e. The zero-order chi connectivity index (χ0) is 43.2. The Morgan fingerprint density at radius 2 is 1.45 bits per heavy atom. The van der Waals surface area contributed by atoms with E-state index in [1.54, 1.807) is 43.6 Å². The van der Waals surface area contributed by atoms with E-state index < -0.39 is 23.8 Å². The first-order chi connectivity index (χ1) is 29.0. The van der Waals surface area contributed by atoms with Gasteiger partial charge in [-0.15, -0.1) is 11.3 Å². The molecule has 3 atom stereocenters. The van der Waals surface area contributed by atoms with Gasteiger partial charge in [0.05, 0.1) is 78.2 Å². The van der Waals surface area contributed by atoms with Gasteiger partial charge in [0.2, 0.25) is 17.6 Å². The molecule has 3 N–H and O–H groups in total. The fourth-order valence-corrected chi connectivity index (χ4v) is 7.83. The van der Waals surface area contributed by atoms with Gasteiger partial charge in [-0.3, -0.25) is 14.4 Å². The van der Waals surface area contributed by atoms with Gasteiger partial charge in [-0.25, -0.2) is 9.78 Å². The minimum Gasteiger partial charge on any atom is -0.491 e. The average molecular weight is 862 g/mol. The maximum atomic E-state index is 14.1. The highest BCUT2D eigenvalue weighted by atomic mass is 32.1. The molecule has 1 saturated heterocycles. The first-order valence-electron chi connectivity index (χ1n) is 21.3. The molecule has 0 unspecified atom stereocenters. The number of carbonyl (C=O) groups excluding carboxylic acids is 4. The summed E-state index contributed by atoms with van der Waals surface area (Å²) in [5, 5.41) is 11.2. The lowest BCUT2D eigenvalue weighted by Crippen LogP contribution is -2.55. The quantitative estimate of drug-likeness (QED) is 0.0831. The van der Waals surface area contributed by atoms with E-state index in [0.29, 0.717) is 103 Å². The number of ether oxygens (including phenoxy) is 7. The number of hydrogen-bond acceptors (Lipinski definition) is 14. The Morgan fingerprint density at radius 3 is 2.07 bits per heavy atom. The molecule has 0 spiro atoms. The number of nitrogens with zero attached hydrogens (tertiary/aromatic N) is 2. The van der Waals surface area contributed by atoms with Gasteiger partial charge in [-0.1, -0.05) is 31.4 Å². The molecule has 0 radical (unpaired) electrons. The summed E-state index contributed by atoms with van der Waals surface area (Å²) in [6.07, 6.45) is 6.22. The van der Waals surface area contributed by atoms with Crippen LogP contribution in [-0.4, -0.2) is 144 Å². The van der Waals surface area contributed by atoms with E-state index in [-0.39, 0.29) is 29.6 Å². The molecule has 1 saturated carbocycles. The predicted molar refractivity (Wildman–Crippen MR) is 227 cm³/mol. The first-order valence-corrected chi connectivity index (χ1v) is 22.2. The van der Waals surface area contributed by atoms with Crippen molar-refractivity contribution in [1.29, 1.82) is 0 Å². The summed E-state index contributed by atoms with van der Waals surface area (Å²) < 4.78 is 38.6. The van der Waals surface area contributed by atoms with Gasteiger partial charge in [0.15, 0.2) is 0 Å². The van der Waals surface area contributed by atoms with Crippen LogP contribution in [0.5, 0.6) is 5.75 Å². The molecule has 2 fully saturated rings. The first kappa shape index (κ1) is 49.0. The number of likely N-dealkylation sites (tertiary alicyclic amines) is 1. The average Bonchev–Trinajstić information content (AvgIpc) is 3.93. The minimum atomic E-state index is -0.576. The van der Waals surface area contributed by atoms with Gasteiger partial charge in [-0.2, -0.15) is 0 Å². The number of thiazole rings is 1. The fraction of sp³-hybridized carbons (Fsp3) is 0.698. The topological polar surface area (TPSA) is 185 Å². The Balaban J connectivity index is 1.07. The molecule has 2 aliphatic rings. The smallest absolute Gasteiger partial charge is 0.407 e. The van der Waals surface area contributed by atoms with Crippen molar-refractivity contribution in [3.63, 3.8) is 0 Å². The van der Waals surface area contributed by atoms with Crippen molar-refractivity contribution >= 4 is 35.0 Å². The van der Waals surface area contributed by atoms with Crippen LogP contribution in [0.25, 0.3) is 0 Å². The third kappa shape index (κ3) is 17.3. The van der Waals surface area contributed by atoms with Crippen LogP contribution in [0.2, 0.25) is 0 Å². The van der Waals surface area contributed by atoms with Gasteiger partial charge in [0, 0.05) is 24.0 Å². The minimum absolute atomic E-state index is 0.0575. The number of nitrogens with one attached hydrogen (secondary N) is 3. The Hall–Kier alpha value is -3.71. The summed E-state index contributed by atoms with van der Waals surface area (Å²) in [6.45, 7) is 12.6. The second kappa shape index (κ2) is 26.6. The predicted octanol–water partition coefficient (Wildman–Crippen LogP) is 4.70. The second-order valence-electron chi connectivity index (χ2n) is 15.9. The number of likely N-dealkylation sites (N-methyl/N-ethyl adjacent to an activating group) is 1. The molecule has 2 aromatic rings. The maximum Gasteiger partial charge on any atom is 0.407 e. The van der Waals surface area contributed by atoms with E-state index in [4.69, 9.17) is 38.1 Å². The van der Waals surface area contributed by atoms with Crippen molar-refractivity contribution in [2.24, 2.45) is 5.92 Å². The third-order valence-electron chi connectivity index (χ3n) is 10.1. The molecular formula is C43H67N5O11S. The number of hydrogen-bond donors (Lipinski definition) is 3. The summed E-state index contributed by atoms with van der Waals surface area (Å²) >= 11 is 1.39. The van der Waals surface area contributed by atoms with Crippen LogP contribution < -0.4 is 20.7 Å². The summed E-state index contributed by atoms with van der Waals surface area (Å²) in [7, 11) is 1.73. The summed E-state index contributed by atoms with van der Waals surface area (Å²) in [6, 6.07) is 5.79. The lowest BCUT2D eigenvalue weighted by Gasteiger charge is -2.35. The molecular weight excluding hydrogens is 795 g/mol. The Labute approximate surface area is 359 Å². The molecule has 1 aromatic heterocycles. The Kier molecular flexibility index (Phi) is 21.7. The standard InChI is InChI=1S/C43H67N5O11S/c1-31(44-5)39(50)47-37(32-11-7-6-8-12-32)41(51)48-17-10-15-36(48)40-46-35(30-60-40)38(49)33-13-9-14-34(29-33)58-28-27-57-26-25-56-24-23-55-22-21-54-20-19-53-18-16-45-42(52)59-43(2,3)4/h9,13-14,29-32,36-37,44H,6-8,10-12,15-28H2,1-5H3,(H,45,52)(H,47,50)/t31-,36-,37-/m0/s1. The Bertz CT molecular complexity index is 1600. The third-order valence-corrected chi connectivity index (χ3v) is 11.0. The monoisotopic (exact) mass is 861 g/mol. The van der Waals surface area contributed by atoms with Crippen LogP contribution in [0, 0.1) is 5.92 Å². The SMILES string of the molecule is CN[C@@H](C)C(=O)N[C@H](C(=O)N1CCC[C@H]1c1nc(C(=O)c2cccc(OCCOCCOCCOCCOCCOCCNC(=O)OC(C)(C)C)c2)cs1)C1CCCCC1. The normalized spacial score (nSPS) is 16.9. The van der Waals surface area contributed by atoms with Crippen molar-refractivity contribution in [2.75, 3.05) is 92.8 Å². The summed E-state index contributed by atoms with van der Waals surface area (Å²) in [4.78, 5) is 58.8. The molecule has 3 amide bonds. The second-order valence-corrected chi connectivity index (χ2v) is 16.7. The van der Waals surface area contributed by atoms with Crippen LogP contribution in [0.15, 0.2) is 29.6 Å². The number of aromatic nitrogens is 1. The van der Waals surface area contributed by atoms with Gasteiger partial charge in [0.25, 0.3) is 0 Å². The molecule has 1 aromatic carbocycles. The van der Waals surface area contributed by atoms with E-state index in [1.807, 2.05) is 25.7 Å². The van der Waals surface area contributed by atoms with Crippen molar-refractivity contribution < 1.29 is 52.3 Å². The molecule has 336 valence electrons. The van der Waals surface area contributed by atoms with Crippen LogP contribution in [-0.2, 0) is 38.0 Å². The van der Waals surface area contributed by atoms with E-state index >= 15 is 0 Å². The summed E-state index contributed by atoms with van der Waals surface area (Å²) in [5.74, 6) is 0.202. The van der Waals surface area contributed by atoms with Crippen molar-refractivity contribution in [3.05, 3.63) is 45.9 Å². The molecule has 17 heteroatoms. The number of alkyl carbamates (subject to hydrolysis) is 1. The maximum absolute atomic E-state index is 14.1. The zero-order valence-corrected chi connectivity index (χ0v) is 36.9. The van der Waals surface area contributed by atoms with Crippen LogP contribution >= 0.6 is 11.3 Å². The molecule has 4 rings (SSSR count). The van der Waals surface area contributed by atoms with E-state index in [2.05, 4.69) is 16.0 Å². The molecule has 0 bridgehead atoms. The molecule has 60 heavy (non-hydrogen) atoms. The van der Waals surface area contributed by atoms with E-state index in [0.717, 1.165) is 50.0 Å².